The van der Waals surface area contributed by atoms with Crippen LogP contribution >= 0.6 is 0 Å². The summed E-state index contributed by atoms with van der Waals surface area (Å²) in [7, 11) is 0. The van der Waals surface area contributed by atoms with Crippen molar-refractivity contribution in [3.63, 3.8) is 0 Å². The van der Waals surface area contributed by atoms with Crippen LogP contribution < -0.4 is 0 Å². The zero-order chi connectivity index (χ0) is 14.3. The molecular weight excluding hydrogens is 243 g/mol. The van der Waals surface area contributed by atoms with Crippen molar-refractivity contribution >= 4 is 0 Å². The van der Waals surface area contributed by atoms with E-state index in [9.17, 15) is 9.50 Å². The number of aliphatic hydroxyl groups excluding tert-OH is 1. The first-order valence-electron chi connectivity index (χ1n) is 6.32. The maximum absolute atomic E-state index is 12.8. The monoisotopic (exact) mass is 264 g/mol. The smallest absolute Gasteiger partial charge is 0.141 e. The van der Waals surface area contributed by atoms with Gasteiger partial charge in [0.2, 0.25) is 0 Å². The third kappa shape index (κ3) is 4.93. The highest BCUT2D eigenvalue weighted by Crippen LogP contribution is 2.21. The Morgan fingerprint density at radius 3 is 2.47 bits per heavy atom. The molecule has 1 heterocycles. The number of halogens is 1. The predicted octanol–water partition coefficient (Wildman–Crippen LogP) is 2.56. The molecule has 4 heteroatoms. The van der Waals surface area contributed by atoms with Gasteiger partial charge in [0.25, 0.3) is 0 Å². The zero-order valence-corrected chi connectivity index (χ0v) is 11.3. The topological polar surface area (TPSA) is 36.4 Å². The molecule has 3 nitrogen and oxygen atoms in total. The Bertz CT molecular complexity index is 395. The lowest BCUT2D eigenvalue weighted by molar-refractivity contribution is 0.0905. The number of aliphatic hydroxyl groups is 1. The summed E-state index contributed by atoms with van der Waals surface area (Å²) in [6.45, 7) is 11.5. The van der Waals surface area contributed by atoms with Crippen LogP contribution in [0.25, 0.3) is 0 Å². The molecule has 19 heavy (non-hydrogen) atoms. The highest BCUT2D eigenvalue weighted by atomic mass is 19.1. The first-order valence-corrected chi connectivity index (χ1v) is 6.32. The van der Waals surface area contributed by atoms with Crippen LogP contribution in [0.5, 0.6) is 0 Å². The third-order valence-electron chi connectivity index (χ3n) is 2.91. The molecule has 0 spiro atoms. The van der Waals surface area contributed by atoms with Crippen molar-refractivity contribution in [2.24, 2.45) is 5.92 Å². The first-order chi connectivity index (χ1) is 9.08. The molecule has 2 atom stereocenters. The Morgan fingerprint density at radius 2 is 2.00 bits per heavy atom. The summed E-state index contributed by atoms with van der Waals surface area (Å²) in [6.07, 6.45) is 4.05. The quantitative estimate of drug-likeness (QED) is 0.733. The van der Waals surface area contributed by atoms with Crippen molar-refractivity contribution in [2.75, 3.05) is 19.6 Å². The minimum Gasteiger partial charge on any atom is -0.386 e. The van der Waals surface area contributed by atoms with Gasteiger partial charge < -0.3 is 5.11 Å². The van der Waals surface area contributed by atoms with Crippen LogP contribution in [-0.4, -0.2) is 34.6 Å². The maximum atomic E-state index is 12.8. The molecule has 0 aliphatic heterocycles. The summed E-state index contributed by atoms with van der Waals surface area (Å²) in [6, 6.07) is 2.82. The Kier molecular flexibility index (Phi) is 6.39. The van der Waals surface area contributed by atoms with Gasteiger partial charge >= 0.3 is 0 Å². The summed E-state index contributed by atoms with van der Waals surface area (Å²) in [4.78, 5) is 6.04. The molecule has 0 amide bonds. The fourth-order valence-corrected chi connectivity index (χ4v) is 1.95. The largest absolute Gasteiger partial charge is 0.386 e. The second kappa shape index (κ2) is 7.81. The molecule has 0 saturated heterocycles. The van der Waals surface area contributed by atoms with Gasteiger partial charge in [-0.1, -0.05) is 19.1 Å². The molecule has 0 saturated carbocycles. The summed E-state index contributed by atoms with van der Waals surface area (Å²) >= 11 is 0. The van der Waals surface area contributed by atoms with E-state index in [2.05, 4.69) is 23.0 Å². The van der Waals surface area contributed by atoms with E-state index < -0.39 is 11.9 Å². The highest BCUT2D eigenvalue weighted by Gasteiger charge is 2.19. The van der Waals surface area contributed by atoms with E-state index in [1.807, 2.05) is 19.1 Å². The van der Waals surface area contributed by atoms with Crippen LogP contribution in [0.4, 0.5) is 4.39 Å². The van der Waals surface area contributed by atoms with Gasteiger partial charge in [-0.15, -0.1) is 13.2 Å². The van der Waals surface area contributed by atoms with E-state index in [1.165, 1.54) is 12.1 Å². The van der Waals surface area contributed by atoms with Crippen molar-refractivity contribution in [3.05, 3.63) is 55.2 Å². The molecule has 1 rings (SSSR count). The lowest BCUT2D eigenvalue weighted by atomic mass is 10.0. The number of nitrogens with zero attached hydrogens (tertiary/aromatic N) is 2. The van der Waals surface area contributed by atoms with Gasteiger partial charge in [-0.2, -0.15) is 0 Å². The van der Waals surface area contributed by atoms with Crippen LogP contribution in [0.3, 0.4) is 0 Å². The first kappa shape index (κ1) is 15.5. The van der Waals surface area contributed by atoms with Crippen molar-refractivity contribution in [1.29, 1.82) is 0 Å². The van der Waals surface area contributed by atoms with E-state index in [0.29, 0.717) is 12.2 Å². The minimum absolute atomic E-state index is 0.0159. The fraction of sp³-hybridized carbons (Fsp3) is 0.400. The summed E-state index contributed by atoms with van der Waals surface area (Å²) < 4.78 is 12.8. The molecule has 0 radical (unpaired) electrons. The Labute approximate surface area is 114 Å². The molecule has 104 valence electrons. The minimum atomic E-state index is -0.710. The average molecular weight is 264 g/mol. The van der Waals surface area contributed by atoms with Gasteiger partial charge in [-0.05, 0) is 12.1 Å². The highest BCUT2D eigenvalue weighted by molar-refractivity contribution is 5.09. The summed E-state index contributed by atoms with van der Waals surface area (Å²) in [5.41, 5.74) is 0.492. The van der Waals surface area contributed by atoms with E-state index in [0.717, 1.165) is 19.3 Å². The van der Waals surface area contributed by atoms with Crippen LogP contribution in [0, 0.1) is 11.7 Å². The second-order valence-corrected chi connectivity index (χ2v) is 4.62. The van der Waals surface area contributed by atoms with Crippen molar-refractivity contribution in [3.8, 4) is 0 Å². The van der Waals surface area contributed by atoms with Crippen LogP contribution in [-0.2, 0) is 0 Å². The molecular formula is C15H21FN2O. The molecule has 0 fully saturated rings. The maximum Gasteiger partial charge on any atom is 0.141 e. The number of hydrogen-bond donors (Lipinski definition) is 1. The molecule has 2 unspecified atom stereocenters. The Balaban J connectivity index is 2.64. The van der Waals surface area contributed by atoms with Crippen molar-refractivity contribution in [1.82, 2.24) is 9.88 Å². The molecule has 1 aromatic heterocycles. The molecule has 0 aliphatic rings. The number of pyridine rings is 1. The number of aromatic nitrogens is 1. The van der Waals surface area contributed by atoms with E-state index in [4.69, 9.17) is 0 Å². The second-order valence-electron chi connectivity index (χ2n) is 4.62. The van der Waals surface area contributed by atoms with Gasteiger partial charge in [0.15, 0.2) is 0 Å². The van der Waals surface area contributed by atoms with Crippen LogP contribution in [0.2, 0.25) is 0 Å². The Hall–Kier alpha value is -1.52. The number of hydrogen-bond acceptors (Lipinski definition) is 3. The van der Waals surface area contributed by atoms with Gasteiger partial charge in [0.1, 0.15) is 5.82 Å². The molecule has 0 aromatic carbocycles. The van der Waals surface area contributed by atoms with E-state index >= 15 is 0 Å². The van der Waals surface area contributed by atoms with Crippen molar-refractivity contribution < 1.29 is 9.50 Å². The van der Waals surface area contributed by atoms with E-state index in [1.54, 1.807) is 0 Å². The summed E-state index contributed by atoms with van der Waals surface area (Å²) in [5.74, 6) is -0.415. The average Bonchev–Trinajstić information content (AvgIpc) is 2.39. The summed E-state index contributed by atoms with van der Waals surface area (Å²) in [5, 5.41) is 10.2. The van der Waals surface area contributed by atoms with Gasteiger partial charge in [0, 0.05) is 25.6 Å². The molecule has 1 N–H and O–H groups in total. The molecule has 0 aliphatic carbocycles. The zero-order valence-electron chi connectivity index (χ0n) is 11.3. The fourth-order valence-electron chi connectivity index (χ4n) is 1.95. The van der Waals surface area contributed by atoms with Crippen LogP contribution in [0.15, 0.2) is 43.6 Å². The Morgan fingerprint density at radius 1 is 1.37 bits per heavy atom. The molecule has 0 bridgehead atoms. The van der Waals surface area contributed by atoms with Gasteiger partial charge in [0.05, 0.1) is 18.0 Å². The molecule has 1 aromatic rings. The van der Waals surface area contributed by atoms with Crippen molar-refractivity contribution in [2.45, 2.75) is 13.0 Å². The SMILES string of the molecule is C=CCN(CC=C)CC(C)C(O)c1ccc(F)cn1. The number of rotatable bonds is 8. The lowest BCUT2D eigenvalue weighted by Gasteiger charge is -2.26. The third-order valence-corrected chi connectivity index (χ3v) is 2.91. The predicted molar refractivity (Wildman–Crippen MR) is 75.2 cm³/mol. The normalized spacial score (nSPS) is 14.1. The van der Waals surface area contributed by atoms with Crippen LogP contribution in [0.1, 0.15) is 18.7 Å². The van der Waals surface area contributed by atoms with Gasteiger partial charge in [-0.3, -0.25) is 9.88 Å². The lowest BCUT2D eigenvalue weighted by Crippen LogP contribution is -2.31. The van der Waals surface area contributed by atoms with Gasteiger partial charge in [-0.25, -0.2) is 4.39 Å². The standard InChI is InChI=1S/C15H21FN2O/c1-4-8-18(9-5-2)11-12(3)15(19)14-7-6-13(16)10-17-14/h4-7,10,12,15,19H,1-2,8-9,11H2,3H3. The van der Waals surface area contributed by atoms with E-state index in [-0.39, 0.29) is 5.92 Å².